The Morgan fingerprint density at radius 1 is 1.21 bits per heavy atom. The Balaban J connectivity index is 1.74. The predicted molar refractivity (Wildman–Crippen MR) is 76.0 cm³/mol. The molecule has 0 bridgehead atoms. The van der Waals surface area contributed by atoms with Crippen molar-refractivity contribution in [2.24, 2.45) is 0 Å². The summed E-state index contributed by atoms with van der Waals surface area (Å²) in [7, 11) is 1.90. The molecule has 0 atom stereocenters. The smallest absolute Gasteiger partial charge is 0.146 e. The molecule has 2 aliphatic rings. The van der Waals surface area contributed by atoms with Gasteiger partial charge in [-0.05, 0) is 31.5 Å². The van der Waals surface area contributed by atoms with Crippen LogP contribution < -0.4 is 10.2 Å². The summed E-state index contributed by atoms with van der Waals surface area (Å²) in [6.45, 7) is 4.73. The van der Waals surface area contributed by atoms with Crippen molar-refractivity contribution >= 4 is 5.69 Å². The second kappa shape index (κ2) is 5.47. The van der Waals surface area contributed by atoms with Gasteiger partial charge >= 0.3 is 0 Å². The largest absolute Gasteiger partial charge is 0.366 e. The van der Waals surface area contributed by atoms with E-state index in [-0.39, 0.29) is 5.82 Å². The molecule has 1 aromatic rings. The van der Waals surface area contributed by atoms with Gasteiger partial charge < -0.3 is 10.2 Å². The zero-order valence-electron chi connectivity index (χ0n) is 11.5. The van der Waals surface area contributed by atoms with Crippen LogP contribution in [0.4, 0.5) is 10.1 Å². The van der Waals surface area contributed by atoms with Gasteiger partial charge in [-0.25, -0.2) is 4.39 Å². The molecule has 1 aliphatic heterocycles. The van der Waals surface area contributed by atoms with Crippen LogP contribution in [0.15, 0.2) is 18.2 Å². The van der Waals surface area contributed by atoms with Crippen molar-refractivity contribution in [2.75, 3.05) is 38.1 Å². The minimum Gasteiger partial charge on any atom is -0.366 e. The standard InChI is InChI=1S/C15H22FN3/c1-17-11-12-3-2-4-14(16)15(12)19-9-7-18(8-10-19)13-5-6-13/h2-4,13,17H,5-11H2,1H3. The van der Waals surface area contributed by atoms with E-state index in [1.165, 1.54) is 12.8 Å². The molecule has 19 heavy (non-hydrogen) atoms. The minimum absolute atomic E-state index is 0.0902. The first-order valence-electron chi connectivity index (χ1n) is 7.20. The molecule has 1 aromatic carbocycles. The summed E-state index contributed by atoms with van der Waals surface area (Å²) >= 11 is 0. The van der Waals surface area contributed by atoms with Crippen molar-refractivity contribution in [3.63, 3.8) is 0 Å². The molecule has 0 amide bonds. The summed E-state index contributed by atoms with van der Waals surface area (Å²) in [5.41, 5.74) is 1.86. The number of nitrogens with zero attached hydrogens (tertiary/aromatic N) is 2. The van der Waals surface area contributed by atoms with Crippen LogP contribution in [-0.4, -0.2) is 44.2 Å². The number of halogens is 1. The number of benzene rings is 1. The van der Waals surface area contributed by atoms with E-state index in [0.717, 1.165) is 50.0 Å². The van der Waals surface area contributed by atoms with Gasteiger partial charge in [-0.15, -0.1) is 0 Å². The summed E-state index contributed by atoms with van der Waals surface area (Å²) in [4.78, 5) is 4.76. The Hall–Kier alpha value is -1.13. The average molecular weight is 263 g/mol. The zero-order valence-corrected chi connectivity index (χ0v) is 11.5. The fourth-order valence-electron chi connectivity index (χ4n) is 3.00. The van der Waals surface area contributed by atoms with Crippen LogP contribution >= 0.6 is 0 Å². The molecule has 1 saturated carbocycles. The third-order valence-corrected chi connectivity index (χ3v) is 4.13. The molecule has 3 rings (SSSR count). The van der Waals surface area contributed by atoms with E-state index in [0.29, 0.717) is 0 Å². The number of para-hydroxylation sites is 1. The highest BCUT2D eigenvalue weighted by molar-refractivity contribution is 5.55. The number of nitrogens with one attached hydrogen (secondary N) is 1. The van der Waals surface area contributed by atoms with E-state index in [4.69, 9.17) is 0 Å². The van der Waals surface area contributed by atoms with Gasteiger partial charge in [0.15, 0.2) is 0 Å². The van der Waals surface area contributed by atoms with Crippen molar-refractivity contribution in [2.45, 2.75) is 25.4 Å². The average Bonchev–Trinajstić information content (AvgIpc) is 3.24. The molecule has 104 valence electrons. The van der Waals surface area contributed by atoms with Gasteiger partial charge in [-0.2, -0.15) is 0 Å². The van der Waals surface area contributed by atoms with Gasteiger partial charge in [-0.3, -0.25) is 4.90 Å². The van der Waals surface area contributed by atoms with Crippen LogP contribution in [0.2, 0.25) is 0 Å². The van der Waals surface area contributed by atoms with Gasteiger partial charge in [-0.1, -0.05) is 12.1 Å². The van der Waals surface area contributed by atoms with E-state index >= 15 is 0 Å². The first kappa shape index (κ1) is 12.9. The lowest BCUT2D eigenvalue weighted by Gasteiger charge is -2.37. The molecule has 0 radical (unpaired) electrons. The fourth-order valence-corrected chi connectivity index (χ4v) is 3.00. The molecule has 3 nitrogen and oxygen atoms in total. The number of hydrogen-bond acceptors (Lipinski definition) is 3. The molecule has 1 heterocycles. The van der Waals surface area contributed by atoms with E-state index in [1.807, 2.05) is 13.1 Å². The molecule has 1 N–H and O–H groups in total. The lowest BCUT2D eigenvalue weighted by molar-refractivity contribution is 0.247. The molecule has 2 fully saturated rings. The second-order valence-electron chi connectivity index (χ2n) is 5.53. The Morgan fingerprint density at radius 3 is 2.58 bits per heavy atom. The van der Waals surface area contributed by atoms with Crippen molar-refractivity contribution in [1.29, 1.82) is 0 Å². The monoisotopic (exact) mass is 263 g/mol. The van der Waals surface area contributed by atoms with E-state index in [1.54, 1.807) is 12.1 Å². The highest BCUT2D eigenvalue weighted by Gasteiger charge is 2.32. The lowest BCUT2D eigenvalue weighted by Crippen LogP contribution is -2.47. The molecular formula is C15H22FN3. The van der Waals surface area contributed by atoms with Crippen LogP contribution in [-0.2, 0) is 6.54 Å². The second-order valence-corrected chi connectivity index (χ2v) is 5.53. The summed E-state index contributed by atoms with van der Waals surface area (Å²) < 4.78 is 14.1. The maximum atomic E-state index is 14.1. The molecule has 1 saturated heterocycles. The number of anilines is 1. The van der Waals surface area contributed by atoms with Crippen LogP contribution in [0.1, 0.15) is 18.4 Å². The van der Waals surface area contributed by atoms with E-state index in [2.05, 4.69) is 15.1 Å². The summed E-state index contributed by atoms with van der Waals surface area (Å²) in [5, 5.41) is 3.12. The van der Waals surface area contributed by atoms with Gasteiger partial charge in [0.1, 0.15) is 5.82 Å². The normalized spacial score (nSPS) is 20.8. The van der Waals surface area contributed by atoms with Crippen molar-refractivity contribution < 1.29 is 4.39 Å². The van der Waals surface area contributed by atoms with Gasteiger partial charge in [0.2, 0.25) is 0 Å². The summed E-state index contributed by atoms with van der Waals surface area (Å²) in [6.07, 6.45) is 2.70. The third-order valence-electron chi connectivity index (χ3n) is 4.13. The van der Waals surface area contributed by atoms with Crippen molar-refractivity contribution in [3.05, 3.63) is 29.6 Å². The first-order chi connectivity index (χ1) is 9.29. The third kappa shape index (κ3) is 2.74. The molecule has 1 aliphatic carbocycles. The molecule has 4 heteroatoms. The molecule has 0 unspecified atom stereocenters. The van der Waals surface area contributed by atoms with Crippen LogP contribution in [0.3, 0.4) is 0 Å². The SMILES string of the molecule is CNCc1cccc(F)c1N1CCN(C2CC2)CC1. The zero-order chi connectivity index (χ0) is 13.2. The maximum absolute atomic E-state index is 14.1. The topological polar surface area (TPSA) is 18.5 Å². The Labute approximate surface area is 114 Å². The first-order valence-corrected chi connectivity index (χ1v) is 7.20. The number of piperazine rings is 1. The minimum atomic E-state index is -0.0902. The van der Waals surface area contributed by atoms with Crippen LogP contribution in [0, 0.1) is 5.82 Å². The van der Waals surface area contributed by atoms with Crippen molar-refractivity contribution in [3.8, 4) is 0 Å². The summed E-state index contributed by atoms with van der Waals surface area (Å²) in [5.74, 6) is -0.0902. The quantitative estimate of drug-likeness (QED) is 0.894. The Kier molecular flexibility index (Phi) is 3.71. The predicted octanol–water partition coefficient (Wildman–Crippen LogP) is 1.83. The van der Waals surface area contributed by atoms with Crippen molar-refractivity contribution in [1.82, 2.24) is 10.2 Å². The summed E-state index contributed by atoms with van der Waals surface area (Å²) in [6, 6.07) is 6.20. The molecule has 0 aromatic heterocycles. The van der Waals surface area contributed by atoms with Crippen LogP contribution in [0.5, 0.6) is 0 Å². The lowest BCUT2D eigenvalue weighted by atomic mass is 10.1. The van der Waals surface area contributed by atoms with Crippen LogP contribution in [0.25, 0.3) is 0 Å². The Bertz CT molecular complexity index is 437. The maximum Gasteiger partial charge on any atom is 0.146 e. The van der Waals surface area contributed by atoms with E-state index in [9.17, 15) is 4.39 Å². The van der Waals surface area contributed by atoms with E-state index < -0.39 is 0 Å². The fraction of sp³-hybridized carbons (Fsp3) is 0.600. The molecule has 0 spiro atoms. The number of rotatable bonds is 4. The number of hydrogen-bond donors (Lipinski definition) is 1. The highest BCUT2D eigenvalue weighted by Crippen LogP contribution is 2.30. The molecular weight excluding hydrogens is 241 g/mol. The van der Waals surface area contributed by atoms with Gasteiger partial charge in [0.05, 0.1) is 5.69 Å². The van der Waals surface area contributed by atoms with Gasteiger partial charge in [0.25, 0.3) is 0 Å². The van der Waals surface area contributed by atoms with Gasteiger partial charge in [0, 0.05) is 38.8 Å². The highest BCUT2D eigenvalue weighted by atomic mass is 19.1. The Morgan fingerprint density at radius 2 is 1.95 bits per heavy atom.